The summed E-state index contributed by atoms with van der Waals surface area (Å²) in [6.45, 7) is 4.56. The van der Waals surface area contributed by atoms with Crippen LogP contribution in [0, 0.1) is 6.92 Å². The highest BCUT2D eigenvalue weighted by Crippen LogP contribution is 2.37. The molecule has 0 atom stereocenters. The molecule has 0 saturated heterocycles. The van der Waals surface area contributed by atoms with E-state index in [-0.39, 0.29) is 5.91 Å². The van der Waals surface area contributed by atoms with Gasteiger partial charge in [-0.15, -0.1) is 0 Å². The molecule has 6 heteroatoms. The van der Waals surface area contributed by atoms with E-state index in [0.717, 1.165) is 27.0 Å². The Morgan fingerprint density at radius 1 is 1.00 bits per heavy atom. The van der Waals surface area contributed by atoms with E-state index in [1.165, 1.54) is 12.5 Å². The van der Waals surface area contributed by atoms with Gasteiger partial charge in [-0.1, -0.05) is 40.2 Å². The third-order valence-electron chi connectivity index (χ3n) is 4.69. The predicted molar refractivity (Wildman–Crippen MR) is 124 cm³/mol. The van der Waals surface area contributed by atoms with Gasteiger partial charge >= 0.3 is 0 Å². The molecule has 0 radical (unpaired) electrons. The molecular formula is C24H25BrN2O3. The zero-order valence-electron chi connectivity index (χ0n) is 17.3. The molecule has 3 aromatic rings. The summed E-state index contributed by atoms with van der Waals surface area (Å²) in [5, 5.41) is 6.17. The molecule has 3 aromatic carbocycles. The Bertz CT molecular complexity index is 1020. The van der Waals surface area contributed by atoms with Crippen LogP contribution < -0.4 is 20.1 Å². The first-order valence-electron chi connectivity index (χ1n) is 9.62. The molecule has 0 fully saturated rings. The predicted octanol–water partition coefficient (Wildman–Crippen LogP) is 5.92. The third kappa shape index (κ3) is 5.54. The summed E-state index contributed by atoms with van der Waals surface area (Å²) in [6, 6.07) is 19.6. The van der Waals surface area contributed by atoms with Gasteiger partial charge in [0, 0.05) is 34.9 Å². The van der Waals surface area contributed by atoms with Crippen molar-refractivity contribution in [1.82, 2.24) is 0 Å². The minimum atomic E-state index is -0.0912. The number of anilines is 2. The summed E-state index contributed by atoms with van der Waals surface area (Å²) >= 11 is 3.64. The van der Waals surface area contributed by atoms with Gasteiger partial charge in [-0.2, -0.15) is 0 Å². The van der Waals surface area contributed by atoms with Gasteiger partial charge in [0.05, 0.1) is 7.11 Å². The molecule has 3 rings (SSSR count). The SMILES string of the molecule is COc1ccc(Br)c(CNc2ccc(NC(C)=O)cc2)c1OCc1ccccc1C. The normalized spacial score (nSPS) is 10.4. The Hall–Kier alpha value is -2.99. The van der Waals surface area contributed by atoms with E-state index in [2.05, 4.69) is 45.6 Å². The highest BCUT2D eigenvalue weighted by atomic mass is 79.9. The lowest BCUT2D eigenvalue weighted by Gasteiger charge is -2.18. The van der Waals surface area contributed by atoms with Gasteiger partial charge in [-0.3, -0.25) is 4.79 Å². The zero-order chi connectivity index (χ0) is 21.5. The molecule has 0 bridgehead atoms. The Morgan fingerprint density at radius 2 is 1.70 bits per heavy atom. The lowest BCUT2D eigenvalue weighted by Crippen LogP contribution is -2.07. The highest BCUT2D eigenvalue weighted by Gasteiger charge is 2.15. The highest BCUT2D eigenvalue weighted by molar-refractivity contribution is 9.10. The molecule has 0 heterocycles. The van der Waals surface area contributed by atoms with Gasteiger partial charge < -0.3 is 20.1 Å². The second-order valence-electron chi connectivity index (χ2n) is 6.88. The van der Waals surface area contributed by atoms with Gasteiger partial charge in [0.1, 0.15) is 6.61 Å². The fourth-order valence-electron chi connectivity index (χ4n) is 3.05. The fraction of sp³-hybridized carbons (Fsp3) is 0.208. The average molecular weight is 469 g/mol. The van der Waals surface area contributed by atoms with Crippen molar-refractivity contribution in [3.63, 3.8) is 0 Å². The molecule has 0 spiro atoms. The van der Waals surface area contributed by atoms with Crippen LogP contribution >= 0.6 is 15.9 Å². The van der Waals surface area contributed by atoms with Crippen LogP contribution in [-0.4, -0.2) is 13.0 Å². The number of hydrogen-bond donors (Lipinski definition) is 2. The van der Waals surface area contributed by atoms with Crippen molar-refractivity contribution < 1.29 is 14.3 Å². The lowest BCUT2D eigenvalue weighted by atomic mass is 10.1. The first-order valence-corrected chi connectivity index (χ1v) is 10.4. The zero-order valence-corrected chi connectivity index (χ0v) is 18.9. The van der Waals surface area contributed by atoms with Gasteiger partial charge in [-0.25, -0.2) is 0 Å². The van der Waals surface area contributed by atoms with Gasteiger partial charge in [0.25, 0.3) is 0 Å². The van der Waals surface area contributed by atoms with E-state index < -0.39 is 0 Å². The van der Waals surface area contributed by atoms with Crippen molar-refractivity contribution in [2.75, 3.05) is 17.7 Å². The van der Waals surface area contributed by atoms with E-state index in [1.807, 2.05) is 48.5 Å². The Kier molecular flexibility index (Phi) is 7.36. The van der Waals surface area contributed by atoms with Gasteiger partial charge in [0.2, 0.25) is 5.91 Å². The number of rotatable bonds is 8. The van der Waals surface area contributed by atoms with E-state index in [9.17, 15) is 4.79 Å². The number of carbonyl (C=O) groups is 1. The smallest absolute Gasteiger partial charge is 0.221 e. The second kappa shape index (κ2) is 10.2. The number of halogens is 1. The molecule has 5 nitrogen and oxygen atoms in total. The molecule has 156 valence electrons. The number of benzene rings is 3. The topological polar surface area (TPSA) is 59.6 Å². The molecule has 0 aliphatic heterocycles. The van der Waals surface area contributed by atoms with Crippen LogP contribution in [0.1, 0.15) is 23.6 Å². The summed E-state index contributed by atoms with van der Waals surface area (Å²) in [6.07, 6.45) is 0. The van der Waals surface area contributed by atoms with Crippen LogP contribution in [0.15, 0.2) is 65.1 Å². The summed E-state index contributed by atoms with van der Waals surface area (Å²) in [4.78, 5) is 11.2. The van der Waals surface area contributed by atoms with Gasteiger partial charge in [0.15, 0.2) is 11.5 Å². The van der Waals surface area contributed by atoms with Crippen molar-refractivity contribution in [3.8, 4) is 11.5 Å². The van der Waals surface area contributed by atoms with E-state index >= 15 is 0 Å². The van der Waals surface area contributed by atoms with Crippen molar-refractivity contribution in [3.05, 3.63) is 81.8 Å². The lowest BCUT2D eigenvalue weighted by molar-refractivity contribution is -0.114. The number of aryl methyl sites for hydroxylation is 1. The molecule has 0 unspecified atom stereocenters. The maximum Gasteiger partial charge on any atom is 0.221 e. The van der Waals surface area contributed by atoms with Crippen LogP contribution in [0.5, 0.6) is 11.5 Å². The minimum absolute atomic E-state index is 0.0912. The first kappa shape index (κ1) is 21.7. The largest absolute Gasteiger partial charge is 0.493 e. The van der Waals surface area contributed by atoms with Crippen LogP contribution in [0.4, 0.5) is 11.4 Å². The Morgan fingerprint density at radius 3 is 2.37 bits per heavy atom. The van der Waals surface area contributed by atoms with E-state index in [1.54, 1.807) is 7.11 Å². The second-order valence-corrected chi connectivity index (χ2v) is 7.74. The Labute approximate surface area is 185 Å². The summed E-state index contributed by atoms with van der Waals surface area (Å²) in [5.41, 5.74) is 4.98. The molecule has 0 aliphatic carbocycles. The molecule has 1 amide bonds. The maximum absolute atomic E-state index is 11.2. The molecule has 2 N–H and O–H groups in total. The third-order valence-corrected chi connectivity index (χ3v) is 5.44. The van der Waals surface area contributed by atoms with Crippen molar-refractivity contribution in [1.29, 1.82) is 0 Å². The number of amides is 1. The number of ether oxygens (including phenoxy) is 2. The van der Waals surface area contributed by atoms with Crippen LogP contribution in [0.2, 0.25) is 0 Å². The summed E-state index contributed by atoms with van der Waals surface area (Å²) in [5.74, 6) is 1.30. The number of methoxy groups -OCH3 is 1. The fourth-order valence-corrected chi connectivity index (χ4v) is 3.51. The molecule has 0 aromatic heterocycles. The summed E-state index contributed by atoms with van der Waals surface area (Å²) in [7, 11) is 1.64. The van der Waals surface area contributed by atoms with Crippen molar-refractivity contribution >= 4 is 33.2 Å². The Balaban J connectivity index is 1.78. The quantitative estimate of drug-likeness (QED) is 0.430. The number of nitrogens with one attached hydrogen (secondary N) is 2. The van der Waals surface area contributed by atoms with Crippen LogP contribution in [-0.2, 0) is 17.9 Å². The molecule has 0 aliphatic rings. The average Bonchev–Trinajstić information content (AvgIpc) is 2.73. The molecule has 30 heavy (non-hydrogen) atoms. The molecular weight excluding hydrogens is 444 g/mol. The minimum Gasteiger partial charge on any atom is -0.493 e. The van der Waals surface area contributed by atoms with Crippen LogP contribution in [0.3, 0.4) is 0 Å². The molecule has 0 saturated carbocycles. The van der Waals surface area contributed by atoms with Gasteiger partial charge in [-0.05, 0) is 54.4 Å². The number of hydrogen-bond acceptors (Lipinski definition) is 4. The summed E-state index contributed by atoms with van der Waals surface area (Å²) < 4.78 is 12.7. The monoisotopic (exact) mass is 468 g/mol. The van der Waals surface area contributed by atoms with E-state index in [4.69, 9.17) is 9.47 Å². The standard InChI is InChI=1S/C24H25BrN2O3/c1-16-6-4-5-7-18(16)15-30-24-21(22(25)12-13-23(24)29-3)14-26-19-8-10-20(11-9-19)27-17(2)28/h4-13,26H,14-15H2,1-3H3,(H,27,28). The number of carbonyl (C=O) groups excluding carboxylic acids is 1. The van der Waals surface area contributed by atoms with Crippen LogP contribution in [0.25, 0.3) is 0 Å². The maximum atomic E-state index is 11.2. The van der Waals surface area contributed by atoms with E-state index in [0.29, 0.717) is 24.7 Å². The first-order chi connectivity index (χ1) is 14.5. The van der Waals surface area contributed by atoms with Crippen molar-refractivity contribution in [2.45, 2.75) is 27.0 Å². The van der Waals surface area contributed by atoms with Crippen molar-refractivity contribution in [2.24, 2.45) is 0 Å².